The van der Waals surface area contributed by atoms with Gasteiger partial charge in [0.15, 0.2) is 11.5 Å². The Kier molecular flexibility index (Phi) is 4.89. The Morgan fingerprint density at radius 3 is 2.54 bits per heavy atom. The predicted molar refractivity (Wildman–Crippen MR) is 112 cm³/mol. The highest BCUT2D eigenvalue weighted by Gasteiger charge is 2.24. The summed E-state index contributed by atoms with van der Waals surface area (Å²) >= 11 is 3.47. The highest BCUT2D eigenvalue weighted by atomic mass is 79.9. The van der Waals surface area contributed by atoms with E-state index in [1.54, 1.807) is 0 Å². The van der Waals surface area contributed by atoms with Crippen molar-refractivity contribution >= 4 is 21.8 Å². The predicted octanol–water partition coefficient (Wildman–Crippen LogP) is 4.66. The Morgan fingerprint density at radius 2 is 1.86 bits per heavy atom. The Labute approximate surface area is 172 Å². The second kappa shape index (κ2) is 7.36. The lowest BCUT2D eigenvalue weighted by Crippen LogP contribution is -2.13. The van der Waals surface area contributed by atoms with E-state index in [-0.39, 0.29) is 6.79 Å². The number of ether oxygens (including phenoxy) is 2. The van der Waals surface area contributed by atoms with Crippen LogP contribution in [0.3, 0.4) is 0 Å². The molecule has 1 aromatic heterocycles. The van der Waals surface area contributed by atoms with Gasteiger partial charge in [-0.05, 0) is 48.7 Å². The van der Waals surface area contributed by atoms with Gasteiger partial charge in [-0.15, -0.1) is 0 Å². The smallest absolute Gasteiger partial charge is 0.251 e. The Hall–Kier alpha value is -2.73. The number of halogens is 1. The highest BCUT2D eigenvalue weighted by molar-refractivity contribution is 9.10. The van der Waals surface area contributed by atoms with Crippen LogP contribution < -0.4 is 15.2 Å². The summed E-state index contributed by atoms with van der Waals surface area (Å²) < 4.78 is 14.1. The van der Waals surface area contributed by atoms with Crippen LogP contribution in [-0.4, -0.2) is 17.3 Å². The molecule has 0 atom stereocenters. The van der Waals surface area contributed by atoms with E-state index < -0.39 is 5.91 Å². The van der Waals surface area contributed by atoms with Gasteiger partial charge in [-0.2, -0.15) is 0 Å². The molecule has 2 N–H and O–H groups in total. The van der Waals surface area contributed by atoms with Crippen LogP contribution >= 0.6 is 15.9 Å². The van der Waals surface area contributed by atoms with E-state index in [0.717, 1.165) is 50.5 Å². The lowest BCUT2D eigenvalue weighted by atomic mass is 9.99. The number of amides is 1. The molecule has 4 rings (SSSR count). The zero-order chi connectivity index (χ0) is 19.8. The first kappa shape index (κ1) is 18.6. The molecule has 0 aliphatic carbocycles. The molecule has 0 saturated heterocycles. The first-order valence-corrected chi connectivity index (χ1v) is 9.95. The van der Waals surface area contributed by atoms with Gasteiger partial charge in [0.05, 0.1) is 5.56 Å². The van der Waals surface area contributed by atoms with Crippen LogP contribution in [0.2, 0.25) is 0 Å². The van der Waals surface area contributed by atoms with Gasteiger partial charge < -0.3 is 19.8 Å². The van der Waals surface area contributed by atoms with Gasteiger partial charge in [0, 0.05) is 28.0 Å². The fourth-order valence-electron chi connectivity index (χ4n) is 3.83. The van der Waals surface area contributed by atoms with Crippen LogP contribution in [0.5, 0.6) is 11.5 Å². The van der Waals surface area contributed by atoms with Gasteiger partial charge in [-0.25, -0.2) is 0 Å². The van der Waals surface area contributed by atoms with Crippen molar-refractivity contribution in [3.63, 3.8) is 0 Å². The maximum absolute atomic E-state index is 12.3. The maximum Gasteiger partial charge on any atom is 0.251 e. The van der Waals surface area contributed by atoms with E-state index in [1.165, 1.54) is 0 Å². The minimum absolute atomic E-state index is 0.251. The summed E-state index contributed by atoms with van der Waals surface area (Å²) in [6, 6.07) is 13.9. The number of nitrogens with zero attached hydrogens (tertiary/aromatic N) is 1. The summed E-state index contributed by atoms with van der Waals surface area (Å²) in [4.78, 5) is 12.3. The molecule has 1 aliphatic heterocycles. The van der Waals surface area contributed by atoms with E-state index >= 15 is 0 Å². The third-order valence-corrected chi connectivity index (χ3v) is 5.65. The maximum atomic E-state index is 12.3. The van der Waals surface area contributed by atoms with Crippen molar-refractivity contribution in [1.29, 1.82) is 0 Å². The van der Waals surface area contributed by atoms with Crippen molar-refractivity contribution in [2.45, 2.75) is 26.8 Å². The number of aromatic nitrogens is 1. The number of hydrogen-bond acceptors (Lipinski definition) is 3. The van der Waals surface area contributed by atoms with Gasteiger partial charge in [0.1, 0.15) is 0 Å². The van der Waals surface area contributed by atoms with Crippen LogP contribution in [-0.2, 0) is 13.0 Å². The molecule has 6 heteroatoms. The third-order valence-electron chi connectivity index (χ3n) is 5.12. The van der Waals surface area contributed by atoms with Crippen molar-refractivity contribution < 1.29 is 14.3 Å². The second-order valence-electron chi connectivity index (χ2n) is 6.78. The van der Waals surface area contributed by atoms with Gasteiger partial charge in [0.2, 0.25) is 6.79 Å². The average Bonchev–Trinajstić information content (AvgIpc) is 3.25. The molecule has 0 spiro atoms. The van der Waals surface area contributed by atoms with Crippen molar-refractivity contribution in [3.05, 3.63) is 69.5 Å². The standard InChI is InChI=1S/C22H21BrN2O3/c1-3-17-21(15-5-7-16(23)8-6-15)20(22(24)26)13(2)25(17)11-14-4-9-18-19(10-14)28-12-27-18/h4-10H,3,11-12H2,1-2H3,(H2,24,26). The summed E-state index contributed by atoms with van der Waals surface area (Å²) in [6.45, 7) is 4.93. The Balaban J connectivity index is 1.84. The zero-order valence-electron chi connectivity index (χ0n) is 15.8. The molecule has 5 nitrogen and oxygen atoms in total. The van der Waals surface area contributed by atoms with Crippen molar-refractivity contribution in [2.75, 3.05) is 6.79 Å². The summed E-state index contributed by atoms with van der Waals surface area (Å²) in [5, 5.41) is 0. The number of carbonyl (C=O) groups excluding carboxylic acids is 1. The first-order valence-electron chi connectivity index (χ1n) is 9.15. The van der Waals surface area contributed by atoms with Crippen molar-refractivity contribution in [1.82, 2.24) is 4.57 Å². The van der Waals surface area contributed by atoms with E-state index in [4.69, 9.17) is 15.2 Å². The van der Waals surface area contributed by atoms with Gasteiger partial charge in [-0.1, -0.05) is 41.1 Å². The Morgan fingerprint density at radius 1 is 1.14 bits per heavy atom. The molecule has 0 bridgehead atoms. The van der Waals surface area contributed by atoms with Crippen molar-refractivity contribution in [2.24, 2.45) is 5.73 Å². The van der Waals surface area contributed by atoms with E-state index in [2.05, 4.69) is 27.4 Å². The van der Waals surface area contributed by atoms with Gasteiger partial charge >= 0.3 is 0 Å². The molecule has 2 aromatic carbocycles. The average molecular weight is 441 g/mol. The van der Waals surface area contributed by atoms with E-state index in [9.17, 15) is 4.79 Å². The van der Waals surface area contributed by atoms with Crippen LogP contribution in [0.1, 0.15) is 34.2 Å². The van der Waals surface area contributed by atoms with Crippen LogP contribution in [0, 0.1) is 6.92 Å². The van der Waals surface area contributed by atoms with E-state index in [1.807, 2.05) is 49.4 Å². The first-order chi connectivity index (χ1) is 13.5. The number of fused-ring (bicyclic) bond motifs is 1. The fourth-order valence-corrected chi connectivity index (χ4v) is 4.09. The zero-order valence-corrected chi connectivity index (χ0v) is 17.4. The quantitative estimate of drug-likeness (QED) is 0.626. The summed E-state index contributed by atoms with van der Waals surface area (Å²) in [5.74, 6) is 1.11. The second-order valence-corrected chi connectivity index (χ2v) is 7.70. The number of benzene rings is 2. The number of carbonyl (C=O) groups is 1. The topological polar surface area (TPSA) is 66.5 Å². The molecule has 1 amide bonds. The fraction of sp³-hybridized carbons (Fsp3) is 0.227. The molecule has 144 valence electrons. The van der Waals surface area contributed by atoms with Crippen LogP contribution in [0.4, 0.5) is 0 Å². The lowest BCUT2D eigenvalue weighted by molar-refractivity contribution is 0.1000. The minimum atomic E-state index is -0.408. The van der Waals surface area contributed by atoms with E-state index in [0.29, 0.717) is 12.1 Å². The summed E-state index contributed by atoms with van der Waals surface area (Å²) in [5.41, 5.74) is 11.3. The number of hydrogen-bond donors (Lipinski definition) is 1. The number of primary amides is 1. The van der Waals surface area contributed by atoms with Gasteiger partial charge in [0.25, 0.3) is 5.91 Å². The molecule has 0 saturated carbocycles. The molecule has 0 radical (unpaired) electrons. The third kappa shape index (κ3) is 3.18. The highest BCUT2D eigenvalue weighted by Crippen LogP contribution is 2.36. The molecule has 3 aromatic rings. The molecular weight excluding hydrogens is 420 g/mol. The normalized spacial score (nSPS) is 12.4. The monoisotopic (exact) mass is 440 g/mol. The van der Waals surface area contributed by atoms with Crippen LogP contribution in [0.15, 0.2) is 46.9 Å². The Bertz CT molecular complexity index is 1050. The molecule has 1 aliphatic rings. The summed E-state index contributed by atoms with van der Waals surface area (Å²) in [7, 11) is 0. The SMILES string of the molecule is CCc1c(-c2ccc(Br)cc2)c(C(N)=O)c(C)n1Cc1ccc2c(c1)OCO2. The summed E-state index contributed by atoms with van der Waals surface area (Å²) in [6.07, 6.45) is 0.782. The lowest BCUT2D eigenvalue weighted by Gasteiger charge is -2.12. The van der Waals surface area contributed by atoms with Crippen LogP contribution in [0.25, 0.3) is 11.1 Å². The largest absolute Gasteiger partial charge is 0.454 e. The molecule has 0 unspecified atom stereocenters. The number of rotatable bonds is 5. The van der Waals surface area contributed by atoms with Gasteiger partial charge in [-0.3, -0.25) is 4.79 Å². The molecule has 28 heavy (non-hydrogen) atoms. The minimum Gasteiger partial charge on any atom is -0.454 e. The number of nitrogens with two attached hydrogens (primary N) is 1. The molecule has 2 heterocycles. The van der Waals surface area contributed by atoms with Crippen molar-refractivity contribution in [3.8, 4) is 22.6 Å². The molecule has 0 fully saturated rings. The molecular formula is C22H21BrN2O3.